The van der Waals surface area contributed by atoms with Crippen LogP contribution in [0.2, 0.25) is 0 Å². The maximum Gasteiger partial charge on any atom is 0.309 e. The van der Waals surface area contributed by atoms with Crippen LogP contribution in [0.3, 0.4) is 0 Å². The Labute approximate surface area is 118 Å². The van der Waals surface area contributed by atoms with Gasteiger partial charge in [0.1, 0.15) is 0 Å². The van der Waals surface area contributed by atoms with E-state index >= 15 is 0 Å². The smallest absolute Gasteiger partial charge is 0.309 e. The second-order valence-electron chi connectivity index (χ2n) is 5.41. The first-order valence-corrected chi connectivity index (χ1v) is 6.69. The zero-order chi connectivity index (χ0) is 15.1. The number of rotatable bonds is 4. The molecule has 0 spiro atoms. The average molecular weight is 293 g/mol. The molecule has 2 aromatic rings. The summed E-state index contributed by atoms with van der Waals surface area (Å²) < 4.78 is 28.5. The number of hydrogen-bond acceptors (Lipinski definition) is 2. The molecule has 3 rings (SSSR count). The molecule has 4 nitrogen and oxygen atoms in total. The van der Waals surface area contributed by atoms with Crippen molar-refractivity contribution in [2.75, 3.05) is 0 Å². The third-order valence-electron chi connectivity index (χ3n) is 3.71. The van der Waals surface area contributed by atoms with Gasteiger partial charge in [-0.2, -0.15) is 0 Å². The lowest BCUT2D eigenvalue weighted by atomic mass is 10.1. The molecule has 1 aromatic heterocycles. The van der Waals surface area contributed by atoms with Gasteiger partial charge in [0.05, 0.1) is 11.9 Å². The van der Waals surface area contributed by atoms with Crippen LogP contribution >= 0.6 is 0 Å². The van der Waals surface area contributed by atoms with E-state index in [-0.39, 0.29) is 17.3 Å². The van der Waals surface area contributed by atoms with Gasteiger partial charge in [0.25, 0.3) is 0 Å². The second-order valence-corrected chi connectivity index (χ2v) is 5.41. The highest BCUT2D eigenvalue weighted by Gasteiger charge is 2.24. The molecule has 110 valence electrons. The molecule has 1 saturated carbocycles. The van der Waals surface area contributed by atoms with E-state index < -0.39 is 23.0 Å². The predicted molar refractivity (Wildman–Crippen MR) is 72.2 cm³/mol. The van der Waals surface area contributed by atoms with E-state index in [1.807, 2.05) is 0 Å². The van der Waals surface area contributed by atoms with Crippen molar-refractivity contribution in [2.24, 2.45) is 5.92 Å². The van der Waals surface area contributed by atoms with E-state index in [0.29, 0.717) is 18.2 Å². The molecule has 0 radical (unpaired) electrons. The summed E-state index contributed by atoms with van der Waals surface area (Å²) in [5, 5.41) is 9.03. The highest BCUT2D eigenvalue weighted by atomic mass is 19.2. The van der Waals surface area contributed by atoms with Crippen LogP contribution in [0.25, 0.3) is 10.9 Å². The van der Waals surface area contributed by atoms with E-state index in [9.17, 15) is 18.4 Å². The van der Waals surface area contributed by atoms with Crippen LogP contribution in [0.4, 0.5) is 8.78 Å². The summed E-state index contributed by atoms with van der Waals surface area (Å²) in [4.78, 5) is 22.9. The Morgan fingerprint density at radius 1 is 1.24 bits per heavy atom. The number of halogens is 2. The van der Waals surface area contributed by atoms with E-state index in [1.165, 1.54) is 6.07 Å². The van der Waals surface area contributed by atoms with Crippen LogP contribution in [0.15, 0.2) is 23.0 Å². The monoisotopic (exact) mass is 293 g/mol. The lowest BCUT2D eigenvalue weighted by molar-refractivity contribution is -0.136. The molecule has 1 aromatic carbocycles. The SMILES string of the molecule is O=C(O)Cc1cc(=O)c2cc(F)c(F)cc2n1CC1CC1. The molecule has 0 aliphatic heterocycles. The van der Waals surface area contributed by atoms with Gasteiger partial charge in [-0.15, -0.1) is 0 Å². The topological polar surface area (TPSA) is 59.3 Å². The zero-order valence-corrected chi connectivity index (χ0v) is 11.1. The van der Waals surface area contributed by atoms with E-state index in [1.54, 1.807) is 4.57 Å². The van der Waals surface area contributed by atoms with Gasteiger partial charge in [0.15, 0.2) is 17.1 Å². The van der Waals surface area contributed by atoms with Crippen LogP contribution in [-0.4, -0.2) is 15.6 Å². The number of carboxylic acid groups (broad SMARTS) is 1. The lowest BCUT2D eigenvalue weighted by Crippen LogP contribution is -2.18. The maximum absolute atomic E-state index is 13.5. The molecule has 21 heavy (non-hydrogen) atoms. The van der Waals surface area contributed by atoms with E-state index in [0.717, 1.165) is 25.0 Å². The first-order chi connectivity index (χ1) is 9.95. The van der Waals surface area contributed by atoms with Crippen LogP contribution in [-0.2, 0) is 17.8 Å². The molecule has 1 aliphatic rings. The van der Waals surface area contributed by atoms with Crippen molar-refractivity contribution in [3.8, 4) is 0 Å². The Morgan fingerprint density at radius 2 is 1.90 bits per heavy atom. The molecule has 1 aliphatic carbocycles. The number of carboxylic acids is 1. The predicted octanol–water partition coefficient (Wildman–Crippen LogP) is 2.32. The number of pyridine rings is 1. The number of hydrogen-bond donors (Lipinski definition) is 1. The van der Waals surface area contributed by atoms with Gasteiger partial charge >= 0.3 is 5.97 Å². The Hall–Kier alpha value is -2.24. The van der Waals surface area contributed by atoms with Crippen LogP contribution in [0.1, 0.15) is 18.5 Å². The van der Waals surface area contributed by atoms with E-state index in [2.05, 4.69) is 0 Å². The molecule has 0 bridgehead atoms. The fraction of sp³-hybridized carbons (Fsp3) is 0.333. The molecule has 0 unspecified atom stereocenters. The van der Waals surface area contributed by atoms with Gasteiger partial charge in [-0.05, 0) is 24.8 Å². The van der Waals surface area contributed by atoms with Gasteiger partial charge in [0, 0.05) is 29.8 Å². The molecular formula is C15H13F2NO3. The molecular weight excluding hydrogens is 280 g/mol. The zero-order valence-electron chi connectivity index (χ0n) is 11.1. The van der Waals surface area contributed by atoms with Gasteiger partial charge < -0.3 is 9.67 Å². The fourth-order valence-electron chi connectivity index (χ4n) is 2.49. The van der Waals surface area contributed by atoms with Crippen LogP contribution in [0, 0.1) is 17.6 Å². The summed E-state index contributed by atoms with van der Waals surface area (Å²) >= 11 is 0. The molecule has 0 amide bonds. The van der Waals surface area contributed by atoms with Crippen molar-refractivity contribution in [2.45, 2.75) is 25.8 Å². The Bertz CT molecular complexity index is 794. The minimum Gasteiger partial charge on any atom is -0.481 e. The number of nitrogens with zero attached hydrogens (tertiary/aromatic N) is 1. The number of fused-ring (bicyclic) bond motifs is 1. The normalized spacial score (nSPS) is 14.6. The minimum absolute atomic E-state index is 0.0729. The third kappa shape index (κ3) is 2.66. The van der Waals surface area contributed by atoms with Crippen molar-refractivity contribution in [3.63, 3.8) is 0 Å². The Morgan fingerprint density at radius 3 is 2.52 bits per heavy atom. The molecule has 0 atom stereocenters. The lowest BCUT2D eigenvalue weighted by Gasteiger charge is -2.16. The Kier molecular flexibility index (Phi) is 3.23. The molecule has 0 saturated heterocycles. The maximum atomic E-state index is 13.5. The highest BCUT2D eigenvalue weighted by Crippen LogP contribution is 2.32. The van der Waals surface area contributed by atoms with Crippen molar-refractivity contribution >= 4 is 16.9 Å². The number of aliphatic carboxylic acids is 1. The van der Waals surface area contributed by atoms with Crippen molar-refractivity contribution in [3.05, 3.63) is 45.8 Å². The summed E-state index contributed by atoms with van der Waals surface area (Å²) in [6.45, 7) is 0.518. The summed E-state index contributed by atoms with van der Waals surface area (Å²) in [6, 6.07) is 3.05. The van der Waals surface area contributed by atoms with Gasteiger partial charge in [-0.3, -0.25) is 9.59 Å². The fourth-order valence-corrected chi connectivity index (χ4v) is 2.49. The standard InChI is InChI=1S/C15H13F2NO3/c16-11-5-10-13(6-12(11)17)18(7-8-1-2-8)9(3-14(10)19)4-15(20)21/h3,5-6,8H,1-2,4,7H2,(H,20,21). The number of carbonyl (C=O) groups is 1. The summed E-state index contributed by atoms with van der Waals surface area (Å²) in [6.07, 6.45) is 1.71. The van der Waals surface area contributed by atoms with Crippen molar-refractivity contribution in [1.29, 1.82) is 0 Å². The summed E-state index contributed by atoms with van der Waals surface area (Å²) in [5.74, 6) is -2.79. The Balaban J connectivity index is 2.27. The molecule has 1 fully saturated rings. The average Bonchev–Trinajstić information content (AvgIpc) is 3.20. The summed E-state index contributed by atoms with van der Waals surface area (Å²) in [5.41, 5.74) is 0.0784. The van der Waals surface area contributed by atoms with Crippen LogP contribution < -0.4 is 5.43 Å². The molecule has 6 heteroatoms. The third-order valence-corrected chi connectivity index (χ3v) is 3.71. The van der Waals surface area contributed by atoms with Crippen LogP contribution in [0.5, 0.6) is 0 Å². The summed E-state index contributed by atoms with van der Waals surface area (Å²) in [7, 11) is 0. The molecule has 1 N–H and O–H groups in total. The van der Waals surface area contributed by atoms with Crippen molar-refractivity contribution in [1.82, 2.24) is 4.57 Å². The quantitative estimate of drug-likeness (QED) is 0.941. The molecule has 1 heterocycles. The van der Waals surface area contributed by atoms with Gasteiger partial charge in [-0.25, -0.2) is 8.78 Å². The highest BCUT2D eigenvalue weighted by molar-refractivity contribution is 5.80. The first-order valence-electron chi connectivity index (χ1n) is 6.69. The number of benzene rings is 1. The number of aromatic nitrogens is 1. The first kappa shape index (κ1) is 13.7. The van der Waals surface area contributed by atoms with Crippen molar-refractivity contribution < 1.29 is 18.7 Å². The minimum atomic E-state index is -1.08. The van der Waals surface area contributed by atoms with E-state index in [4.69, 9.17) is 5.11 Å². The second kappa shape index (κ2) is 4.95. The largest absolute Gasteiger partial charge is 0.481 e. The van der Waals surface area contributed by atoms with Gasteiger partial charge in [-0.1, -0.05) is 0 Å². The van der Waals surface area contributed by atoms with Gasteiger partial charge in [0.2, 0.25) is 0 Å².